The molecule has 1 unspecified atom stereocenters. The normalized spacial score (nSPS) is 16.8. The van der Waals surface area contributed by atoms with E-state index in [9.17, 15) is 13.2 Å². The van der Waals surface area contributed by atoms with Gasteiger partial charge in [-0.3, -0.25) is 0 Å². The minimum Gasteiger partial charge on any atom is -0.477 e. The van der Waals surface area contributed by atoms with E-state index >= 15 is 0 Å². The molecule has 1 saturated carbocycles. The second-order valence-corrected chi connectivity index (χ2v) is 6.23. The van der Waals surface area contributed by atoms with Gasteiger partial charge in [-0.2, -0.15) is 4.72 Å². The molecule has 0 aliphatic heterocycles. The summed E-state index contributed by atoms with van der Waals surface area (Å²) in [5, 5.41) is 9.08. The molecule has 0 radical (unpaired) electrons. The van der Waals surface area contributed by atoms with Crippen LogP contribution in [0, 0.1) is 12.3 Å². The third kappa shape index (κ3) is 2.80. The summed E-state index contributed by atoms with van der Waals surface area (Å²) in [7, 11) is -3.79. The van der Waals surface area contributed by atoms with Crippen molar-refractivity contribution in [2.24, 2.45) is 0 Å². The van der Waals surface area contributed by atoms with Crippen LogP contribution in [0.5, 0.6) is 0 Å². The third-order valence-electron chi connectivity index (χ3n) is 2.88. The first-order valence-corrected chi connectivity index (χ1v) is 7.27. The van der Waals surface area contributed by atoms with Crippen LogP contribution in [-0.4, -0.2) is 30.1 Å². The number of nitrogens with zero attached hydrogens (tertiary/aromatic N) is 1. The standard InChI is InChI=1S/C12H14N2O4S/c1-3-8(2)13-19(17,18)10-6-11(12(15)16)14(7-10)9-4-5-9/h1,6-9,13H,4-5H2,2H3,(H,15,16). The molecule has 0 spiro atoms. The number of terminal acetylenes is 1. The fourth-order valence-electron chi connectivity index (χ4n) is 1.76. The van der Waals surface area contributed by atoms with Gasteiger partial charge >= 0.3 is 5.97 Å². The molecule has 19 heavy (non-hydrogen) atoms. The van der Waals surface area contributed by atoms with E-state index in [0.29, 0.717) is 0 Å². The van der Waals surface area contributed by atoms with Gasteiger partial charge < -0.3 is 9.67 Å². The predicted octanol–water partition coefficient (Wildman–Crippen LogP) is 0.821. The average molecular weight is 282 g/mol. The summed E-state index contributed by atoms with van der Waals surface area (Å²) < 4.78 is 27.8. The Morgan fingerprint density at radius 2 is 2.26 bits per heavy atom. The quantitative estimate of drug-likeness (QED) is 0.783. The fraction of sp³-hybridized carbons (Fsp3) is 0.417. The van der Waals surface area contributed by atoms with E-state index in [0.717, 1.165) is 18.9 Å². The van der Waals surface area contributed by atoms with Crippen LogP contribution in [-0.2, 0) is 10.0 Å². The van der Waals surface area contributed by atoms with Crippen molar-refractivity contribution in [3.05, 3.63) is 18.0 Å². The SMILES string of the molecule is C#CC(C)NS(=O)(=O)c1cc(C(=O)O)n(C2CC2)c1. The fourth-order valence-corrected chi connectivity index (χ4v) is 2.95. The van der Waals surface area contributed by atoms with Gasteiger partial charge in [0.15, 0.2) is 0 Å². The maximum atomic E-state index is 12.0. The Morgan fingerprint density at radius 1 is 1.63 bits per heavy atom. The van der Waals surface area contributed by atoms with Crippen LogP contribution < -0.4 is 4.72 Å². The van der Waals surface area contributed by atoms with Crippen LogP contribution in [0.2, 0.25) is 0 Å². The first kappa shape index (κ1) is 13.6. The Balaban J connectivity index is 2.38. The lowest BCUT2D eigenvalue weighted by Crippen LogP contribution is -2.31. The van der Waals surface area contributed by atoms with Crippen molar-refractivity contribution >= 4 is 16.0 Å². The molecular formula is C12H14N2O4S. The first-order valence-electron chi connectivity index (χ1n) is 5.79. The monoisotopic (exact) mass is 282 g/mol. The summed E-state index contributed by atoms with van der Waals surface area (Å²) >= 11 is 0. The van der Waals surface area contributed by atoms with Gasteiger partial charge in [-0.1, -0.05) is 5.92 Å². The van der Waals surface area contributed by atoms with Gasteiger partial charge in [0, 0.05) is 12.2 Å². The molecule has 2 N–H and O–H groups in total. The Morgan fingerprint density at radius 3 is 2.74 bits per heavy atom. The molecule has 2 rings (SSSR count). The zero-order valence-corrected chi connectivity index (χ0v) is 11.1. The lowest BCUT2D eigenvalue weighted by atomic mass is 10.4. The topological polar surface area (TPSA) is 88.4 Å². The summed E-state index contributed by atoms with van der Waals surface area (Å²) in [5.41, 5.74) is -0.0174. The van der Waals surface area contributed by atoms with Crippen LogP contribution in [0.4, 0.5) is 0 Å². The summed E-state index contributed by atoms with van der Waals surface area (Å²) in [6.45, 7) is 1.54. The van der Waals surface area contributed by atoms with Crippen molar-refractivity contribution in [2.45, 2.75) is 36.7 Å². The molecule has 0 bridgehead atoms. The van der Waals surface area contributed by atoms with E-state index in [4.69, 9.17) is 11.5 Å². The highest BCUT2D eigenvalue weighted by atomic mass is 32.2. The molecule has 1 aromatic rings. The molecule has 6 nitrogen and oxygen atoms in total. The molecule has 1 fully saturated rings. The van der Waals surface area contributed by atoms with E-state index in [2.05, 4.69) is 10.6 Å². The van der Waals surface area contributed by atoms with Crippen molar-refractivity contribution in [1.29, 1.82) is 0 Å². The maximum Gasteiger partial charge on any atom is 0.352 e. The minimum atomic E-state index is -3.79. The Bertz CT molecular complexity index is 650. The smallest absolute Gasteiger partial charge is 0.352 e. The molecule has 0 saturated heterocycles. The third-order valence-corrected chi connectivity index (χ3v) is 4.38. The summed E-state index contributed by atoms with van der Waals surface area (Å²) in [6.07, 6.45) is 8.20. The van der Waals surface area contributed by atoms with Crippen LogP contribution >= 0.6 is 0 Å². The van der Waals surface area contributed by atoms with Crippen LogP contribution in [0.1, 0.15) is 36.3 Å². The van der Waals surface area contributed by atoms with Crippen LogP contribution in [0.15, 0.2) is 17.2 Å². The highest BCUT2D eigenvalue weighted by Gasteiger charge is 2.30. The van der Waals surface area contributed by atoms with E-state index < -0.39 is 22.0 Å². The molecule has 1 heterocycles. The molecule has 1 aromatic heterocycles. The number of sulfonamides is 1. The summed E-state index contributed by atoms with van der Waals surface area (Å²) in [6, 6.07) is 0.592. The number of aromatic nitrogens is 1. The van der Waals surface area contributed by atoms with Crippen LogP contribution in [0.25, 0.3) is 0 Å². The number of hydrogen-bond donors (Lipinski definition) is 2. The highest BCUT2D eigenvalue weighted by Crippen LogP contribution is 2.37. The van der Waals surface area contributed by atoms with E-state index in [1.807, 2.05) is 0 Å². The predicted molar refractivity (Wildman–Crippen MR) is 68.3 cm³/mol. The van der Waals surface area contributed by atoms with E-state index in [1.54, 1.807) is 0 Å². The van der Waals surface area contributed by atoms with Gasteiger partial charge in [-0.15, -0.1) is 6.42 Å². The lowest BCUT2D eigenvalue weighted by molar-refractivity contribution is 0.0685. The molecule has 0 amide bonds. The maximum absolute atomic E-state index is 12.0. The van der Waals surface area contributed by atoms with Gasteiger partial charge in [-0.25, -0.2) is 13.2 Å². The average Bonchev–Trinajstić information content (AvgIpc) is 3.06. The number of nitrogens with one attached hydrogen (secondary N) is 1. The van der Waals surface area contributed by atoms with Crippen molar-refractivity contribution in [3.63, 3.8) is 0 Å². The number of aromatic carboxylic acids is 1. The molecule has 1 atom stereocenters. The summed E-state index contributed by atoms with van der Waals surface area (Å²) in [4.78, 5) is 11.0. The van der Waals surface area contributed by atoms with E-state index in [-0.39, 0.29) is 16.6 Å². The van der Waals surface area contributed by atoms with Crippen molar-refractivity contribution in [1.82, 2.24) is 9.29 Å². The van der Waals surface area contributed by atoms with Crippen molar-refractivity contribution in [2.75, 3.05) is 0 Å². The Kier molecular flexibility index (Phi) is 3.39. The number of carboxylic acid groups (broad SMARTS) is 1. The second-order valence-electron chi connectivity index (χ2n) is 4.51. The van der Waals surface area contributed by atoms with Gasteiger partial charge in [0.25, 0.3) is 0 Å². The highest BCUT2D eigenvalue weighted by molar-refractivity contribution is 7.89. The molecule has 7 heteroatoms. The second kappa shape index (κ2) is 4.72. The van der Waals surface area contributed by atoms with Crippen LogP contribution in [0.3, 0.4) is 0 Å². The van der Waals surface area contributed by atoms with Crippen molar-refractivity contribution < 1.29 is 18.3 Å². The molecule has 1 aliphatic carbocycles. The number of rotatable bonds is 5. The molecule has 102 valence electrons. The van der Waals surface area contributed by atoms with Gasteiger partial charge in [0.05, 0.1) is 6.04 Å². The van der Waals surface area contributed by atoms with Gasteiger partial charge in [0.2, 0.25) is 10.0 Å². The molecule has 1 aliphatic rings. The molecular weight excluding hydrogens is 268 g/mol. The zero-order valence-electron chi connectivity index (χ0n) is 10.3. The lowest BCUT2D eigenvalue weighted by Gasteiger charge is -2.06. The largest absolute Gasteiger partial charge is 0.477 e. The van der Waals surface area contributed by atoms with Gasteiger partial charge in [0.1, 0.15) is 10.6 Å². The zero-order chi connectivity index (χ0) is 14.2. The van der Waals surface area contributed by atoms with E-state index in [1.165, 1.54) is 17.7 Å². The number of hydrogen-bond acceptors (Lipinski definition) is 3. The minimum absolute atomic E-state index is 0.0174. The number of carboxylic acids is 1. The Hall–Kier alpha value is -1.78. The van der Waals surface area contributed by atoms with Gasteiger partial charge in [-0.05, 0) is 25.8 Å². The molecule has 0 aromatic carbocycles. The van der Waals surface area contributed by atoms with Crippen molar-refractivity contribution in [3.8, 4) is 12.3 Å². The first-order chi connectivity index (χ1) is 8.85. The Labute approximate surface area is 111 Å². The number of carbonyl (C=O) groups is 1. The summed E-state index contributed by atoms with van der Waals surface area (Å²) in [5.74, 6) is 1.12.